The second-order valence-corrected chi connectivity index (χ2v) is 2.95. The smallest absolute Gasteiger partial charge is 0.396 e. The van der Waals surface area contributed by atoms with Gasteiger partial charge in [-0.15, -0.1) is 5.10 Å². The summed E-state index contributed by atoms with van der Waals surface area (Å²) in [6.07, 6.45) is 0. The number of nitrogens with one attached hydrogen (secondary N) is 1. The second-order valence-electron chi connectivity index (χ2n) is 2.95. The van der Waals surface area contributed by atoms with Gasteiger partial charge in [0.1, 0.15) is 5.69 Å². The van der Waals surface area contributed by atoms with Gasteiger partial charge in [-0.05, 0) is 6.92 Å². The Balaban J connectivity index is 2.52. The lowest BCUT2D eigenvalue weighted by Gasteiger charge is -2.04. The van der Waals surface area contributed by atoms with Gasteiger partial charge in [0.05, 0.1) is 13.2 Å². The van der Waals surface area contributed by atoms with E-state index >= 15 is 0 Å². The molecule has 0 aromatic carbocycles. The summed E-state index contributed by atoms with van der Waals surface area (Å²) in [6, 6.07) is 0. The molecule has 0 aliphatic rings. The van der Waals surface area contributed by atoms with E-state index in [2.05, 4.69) is 20.4 Å². The van der Waals surface area contributed by atoms with E-state index in [1.54, 1.807) is 14.0 Å². The van der Waals surface area contributed by atoms with Crippen LogP contribution < -0.4 is 11.1 Å². The van der Waals surface area contributed by atoms with E-state index in [1.807, 2.05) is 0 Å². The molecule has 0 aliphatic carbocycles. The highest BCUT2D eigenvalue weighted by Crippen LogP contribution is 2.04. The third-order valence-electron chi connectivity index (χ3n) is 1.85. The molecule has 1 aromatic rings. The van der Waals surface area contributed by atoms with Crippen LogP contribution in [-0.4, -0.2) is 33.5 Å². The number of rotatable bonds is 3. The van der Waals surface area contributed by atoms with Gasteiger partial charge in [0.15, 0.2) is 5.82 Å². The molecule has 8 heteroatoms. The lowest BCUT2D eigenvalue weighted by atomic mass is 10.4. The highest BCUT2D eigenvalue weighted by molar-refractivity contribution is 6.32. The summed E-state index contributed by atoms with van der Waals surface area (Å²) in [4.78, 5) is 22.1. The standard InChI is InChI=1S/C8H13N5O3/c1-3-16-8(15)7(14)10-4-5-6(9)11-12-13(5)2/h3-4,9H2,1-2H3,(H,10,14). The van der Waals surface area contributed by atoms with Crippen molar-refractivity contribution in [3.63, 3.8) is 0 Å². The maximum atomic E-state index is 11.2. The molecule has 0 unspecified atom stereocenters. The van der Waals surface area contributed by atoms with Crippen molar-refractivity contribution in [2.45, 2.75) is 13.5 Å². The van der Waals surface area contributed by atoms with Crippen molar-refractivity contribution in [2.75, 3.05) is 12.3 Å². The maximum Gasteiger partial charge on any atom is 0.396 e. The van der Waals surface area contributed by atoms with Gasteiger partial charge in [-0.25, -0.2) is 9.48 Å². The number of amides is 1. The van der Waals surface area contributed by atoms with Crippen molar-refractivity contribution < 1.29 is 14.3 Å². The van der Waals surface area contributed by atoms with E-state index in [0.29, 0.717) is 5.69 Å². The highest BCUT2D eigenvalue weighted by atomic mass is 16.5. The van der Waals surface area contributed by atoms with E-state index < -0.39 is 11.9 Å². The third-order valence-corrected chi connectivity index (χ3v) is 1.85. The lowest BCUT2D eigenvalue weighted by Crippen LogP contribution is -2.32. The number of nitrogens with two attached hydrogens (primary N) is 1. The Kier molecular flexibility index (Phi) is 3.81. The summed E-state index contributed by atoms with van der Waals surface area (Å²) >= 11 is 0. The molecule has 88 valence electrons. The van der Waals surface area contributed by atoms with Crippen LogP contribution in [0.15, 0.2) is 0 Å². The van der Waals surface area contributed by atoms with Crippen molar-refractivity contribution in [1.82, 2.24) is 20.3 Å². The number of nitrogens with zero attached hydrogens (tertiary/aromatic N) is 3. The van der Waals surface area contributed by atoms with Gasteiger partial charge in [0.25, 0.3) is 0 Å². The first-order valence-electron chi connectivity index (χ1n) is 4.65. The molecule has 1 rings (SSSR count). The number of hydrogen-bond acceptors (Lipinski definition) is 6. The maximum absolute atomic E-state index is 11.2. The van der Waals surface area contributed by atoms with E-state index in [4.69, 9.17) is 5.73 Å². The van der Waals surface area contributed by atoms with Crippen LogP contribution in [0.25, 0.3) is 0 Å². The molecule has 1 heterocycles. The zero-order valence-corrected chi connectivity index (χ0v) is 9.06. The van der Waals surface area contributed by atoms with Gasteiger partial charge >= 0.3 is 11.9 Å². The molecule has 1 aromatic heterocycles. The monoisotopic (exact) mass is 227 g/mol. The quantitative estimate of drug-likeness (QED) is 0.484. The third kappa shape index (κ3) is 2.69. The normalized spacial score (nSPS) is 9.88. The van der Waals surface area contributed by atoms with Crippen LogP contribution in [0.3, 0.4) is 0 Å². The van der Waals surface area contributed by atoms with Crippen molar-refractivity contribution in [2.24, 2.45) is 7.05 Å². The summed E-state index contributed by atoms with van der Waals surface area (Å²) in [5, 5.41) is 9.61. The minimum absolute atomic E-state index is 0.0764. The number of hydrogen-bond donors (Lipinski definition) is 2. The summed E-state index contributed by atoms with van der Waals surface area (Å²) in [7, 11) is 1.63. The van der Waals surface area contributed by atoms with E-state index in [1.165, 1.54) is 4.68 Å². The van der Waals surface area contributed by atoms with Crippen LogP contribution in [0.4, 0.5) is 5.82 Å². The predicted octanol–water partition coefficient (Wildman–Crippen LogP) is -1.42. The van der Waals surface area contributed by atoms with Gasteiger partial charge in [-0.3, -0.25) is 4.79 Å². The molecule has 3 N–H and O–H groups in total. The largest absolute Gasteiger partial charge is 0.459 e. The van der Waals surface area contributed by atoms with Crippen LogP contribution in [0, 0.1) is 0 Å². The van der Waals surface area contributed by atoms with E-state index in [9.17, 15) is 9.59 Å². The Morgan fingerprint density at radius 3 is 2.75 bits per heavy atom. The van der Waals surface area contributed by atoms with E-state index in [0.717, 1.165) is 0 Å². The Labute approximate surface area is 91.7 Å². The predicted molar refractivity (Wildman–Crippen MR) is 53.9 cm³/mol. The molecule has 0 atom stereocenters. The average Bonchev–Trinajstić information content (AvgIpc) is 2.56. The molecule has 8 nitrogen and oxygen atoms in total. The van der Waals surface area contributed by atoms with Crippen LogP contribution in [0.2, 0.25) is 0 Å². The van der Waals surface area contributed by atoms with E-state index in [-0.39, 0.29) is 19.0 Å². The Morgan fingerprint density at radius 1 is 1.56 bits per heavy atom. The fraction of sp³-hybridized carbons (Fsp3) is 0.500. The van der Waals surface area contributed by atoms with Gasteiger partial charge in [0, 0.05) is 7.05 Å². The molecule has 0 aliphatic heterocycles. The molecule has 0 bridgehead atoms. The lowest BCUT2D eigenvalue weighted by molar-refractivity contribution is -0.154. The van der Waals surface area contributed by atoms with Gasteiger partial charge in [0.2, 0.25) is 0 Å². The summed E-state index contributed by atoms with van der Waals surface area (Å²) in [5.41, 5.74) is 6.03. The van der Waals surface area contributed by atoms with Crippen molar-refractivity contribution in [3.05, 3.63) is 5.69 Å². The van der Waals surface area contributed by atoms with Crippen molar-refractivity contribution >= 4 is 17.7 Å². The molecular formula is C8H13N5O3. The van der Waals surface area contributed by atoms with Gasteiger partial charge in [-0.1, -0.05) is 5.21 Å². The minimum Gasteiger partial charge on any atom is -0.459 e. The zero-order valence-electron chi connectivity index (χ0n) is 9.06. The number of ether oxygens (including phenoxy) is 1. The molecule has 1 amide bonds. The minimum atomic E-state index is -0.920. The Hall–Kier alpha value is -2.12. The number of aryl methyl sites for hydroxylation is 1. The second kappa shape index (κ2) is 5.10. The number of aromatic nitrogens is 3. The molecule has 0 saturated heterocycles. The van der Waals surface area contributed by atoms with Crippen LogP contribution in [0.1, 0.15) is 12.6 Å². The molecule has 0 saturated carbocycles. The van der Waals surface area contributed by atoms with Crippen molar-refractivity contribution in [1.29, 1.82) is 0 Å². The van der Waals surface area contributed by atoms with Crippen LogP contribution in [0.5, 0.6) is 0 Å². The average molecular weight is 227 g/mol. The Morgan fingerprint density at radius 2 is 2.25 bits per heavy atom. The molecular weight excluding hydrogens is 214 g/mol. The Bertz CT molecular complexity index is 381. The molecule has 0 radical (unpaired) electrons. The summed E-state index contributed by atoms with van der Waals surface area (Å²) in [6.45, 7) is 1.85. The molecule has 16 heavy (non-hydrogen) atoms. The molecule has 0 fully saturated rings. The first kappa shape index (κ1) is 12.0. The summed E-state index contributed by atoms with van der Waals surface area (Å²) in [5.74, 6) is -1.52. The summed E-state index contributed by atoms with van der Waals surface area (Å²) < 4.78 is 5.93. The fourth-order valence-electron chi connectivity index (χ4n) is 1.03. The first-order valence-corrected chi connectivity index (χ1v) is 4.65. The van der Waals surface area contributed by atoms with Crippen LogP contribution >= 0.6 is 0 Å². The number of esters is 1. The SMILES string of the molecule is CCOC(=O)C(=O)NCc1c(N)nnn1C. The van der Waals surface area contributed by atoms with Gasteiger partial charge in [-0.2, -0.15) is 0 Å². The molecule has 0 spiro atoms. The first-order chi connectivity index (χ1) is 7.56. The van der Waals surface area contributed by atoms with Crippen LogP contribution in [-0.2, 0) is 27.9 Å². The number of anilines is 1. The number of carbonyl (C=O) groups excluding carboxylic acids is 2. The van der Waals surface area contributed by atoms with Gasteiger partial charge < -0.3 is 15.8 Å². The number of nitrogen functional groups attached to an aromatic ring is 1. The highest BCUT2D eigenvalue weighted by Gasteiger charge is 2.16. The van der Waals surface area contributed by atoms with Crippen molar-refractivity contribution in [3.8, 4) is 0 Å². The fourth-order valence-corrected chi connectivity index (χ4v) is 1.03. The topological polar surface area (TPSA) is 112 Å². The zero-order chi connectivity index (χ0) is 12.1. The number of carbonyl (C=O) groups is 2.